The molecule has 2 rings (SSSR count). The lowest BCUT2D eigenvalue weighted by atomic mass is 10.3. The van der Waals surface area contributed by atoms with Crippen molar-refractivity contribution in [3.63, 3.8) is 0 Å². The second-order valence-electron chi connectivity index (χ2n) is 4.11. The standard InChI is InChI=1S/C11H17N5/c1-9(2)16-8-12-6-10(16)7-13-11-4-5-15(3)14-11/h4-6,8-9H,7H2,1-3H3,(H,13,14). The van der Waals surface area contributed by atoms with Gasteiger partial charge in [0.25, 0.3) is 0 Å². The predicted octanol–water partition coefficient (Wildman–Crippen LogP) is 1.81. The summed E-state index contributed by atoms with van der Waals surface area (Å²) in [6.07, 6.45) is 5.66. The highest BCUT2D eigenvalue weighted by molar-refractivity contribution is 5.32. The van der Waals surface area contributed by atoms with Gasteiger partial charge in [-0.05, 0) is 13.8 Å². The molecule has 0 bridgehead atoms. The van der Waals surface area contributed by atoms with Crippen LogP contribution in [0.5, 0.6) is 0 Å². The molecule has 0 aromatic carbocycles. The fourth-order valence-corrected chi connectivity index (χ4v) is 1.62. The first-order valence-corrected chi connectivity index (χ1v) is 5.41. The van der Waals surface area contributed by atoms with Gasteiger partial charge >= 0.3 is 0 Å². The van der Waals surface area contributed by atoms with E-state index in [1.54, 1.807) is 4.68 Å². The monoisotopic (exact) mass is 219 g/mol. The summed E-state index contributed by atoms with van der Waals surface area (Å²) in [6, 6.07) is 2.39. The molecular formula is C11H17N5. The number of hydrogen-bond acceptors (Lipinski definition) is 3. The number of nitrogens with one attached hydrogen (secondary N) is 1. The van der Waals surface area contributed by atoms with Gasteiger partial charge in [-0.15, -0.1) is 0 Å². The number of hydrogen-bond donors (Lipinski definition) is 1. The van der Waals surface area contributed by atoms with Gasteiger partial charge in [-0.2, -0.15) is 5.10 Å². The lowest BCUT2D eigenvalue weighted by Crippen LogP contribution is -2.09. The van der Waals surface area contributed by atoms with Crippen molar-refractivity contribution >= 4 is 5.82 Å². The minimum atomic E-state index is 0.433. The Morgan fingerprint density at radius 1 is 1.44 bits per heavy atom. The SMILES string of the molecule is CC(C)n1cncc1CNc1ccn(C)n1. The highest BCUT2D eigenvalue weighted by Crippen LogP contribution is 2.10. The Labute approximate surface area is 95.1 Å². The zero-order valence-corrected chi connectivity index (χ0v) is 9.88. The van der Waals surface area contributed by atoms with Crippen LogP contribution in [0.15, 0.2) is 24.8 Å². The average molecular weight is 219 g/mol. The fraction of sp³-hybridized carbons (Fsp3) is 0.455. The summed E-state index contributed by atoms with van der Waals surface area (Å²) in [5, 5.41) is 7.53. The lowest BCUT2D eigenvalue weighted by Gasteiger charge is -2.11. The van der Waals surface area contributed by atoms with Gasteiger partial charge in [0.1, 0.15) is 5.82 Å². The second-order valence-corrected chi connectivity index (χ2v) is 4.11. The van der Waals surface area contributed by atoms with Crippen molar-refractivity contribution in [1.29, 1.82) is 0 Å². The van der Waals surface area contributed by atoms with E-state index in [2.05, 4.69) is 33.8 Å². The Morgan fingerprint density at radius 3 is 2.88 bits per heavy atom. The third kappa shape index (κ3) is 2.24. The molecule has 0 aliphatic heterocycles. The van der Waals surface area contributed by atoms with Crippen LogP contribution in [0.2, 0.25) is 0 Å². The Hall–Kier alpha value is -1.78. The molecule has 0 spiro atoms. The number of anilines is 1. The minimum Gasteiger partial charge on any atom is -0.363 e. The molecule has 2 aromatic heterocycles. The number of imidazole rings is 1. The van der Waals surface area contributed by atoms with E-state index in [0.29, 0.717) is 6.04 Å². The van der Waals surface area contributed by atoms with Crippen LogP contribution >= 0.6 is 0 Å². The largest absolute Gasteiger partial charge is 0.363 e. The molecule has 2 heterocycles. The van der Waals surface area contributed by atoms with Crippen LogP contribution in [0.4, 0.5) is 5.82 Å². The van der Waals surface area contributed by atoms with Gasteiger partial charge in [-0.25, -0.2) is 4.98 Å². The van der Waals surface area contributed by atoms with Crippen LogP contribution in [0.1, 0.15) is 25.6 Å². The van der Waals surface area contributed by atoms with E-state index in [9.17, 15) is 0 Å². The summed E-state index contributed by atoms with van der Waals surface area (Å²) in [5.74, 6) is 0.888. The molecule has 0 fully saturated rings. The highest BCUT2D eigenvalue weighted by atomic mass is 15.3. The van der Waals surface area contributed by atoms with Gasteiger partial charge in [-0.3, -0.25) is 4.68 Å². The van der Waals surface area contributed by atoms with Gasteiger partial charge in [0.15, 0.2) is 0 Å². The van der Waals surface area contributed by atoms with Crippen molar-refractivity contribution in [2.45, 2.75) is 26.4 Å². The summed E-state index contributed by atoms with van der Waals surface area (Å²) in [7, 11) is 1.91. The van der Waals surface area contributed by atoms with Crippen LogP contribution in [0.25, 0.3) is 0 Å². The van der Waals surface area contributed by atoms with E-state index >= 15 is 0 Å². The first kappa shape index (κ1) is 10.7. The van der Waals surface area contributed by atoms with E-state index in [1.165, 1.54) is 5.69 Å². The average Bonchev–Trinajstić information content (AvgIpc) is 2.83. The molecule has 5 nitrogen and oxygen atoms in total. The summed E-state index contributed by atoms with van der Waals surface area (Å²) < 4.78 is 3.93. The van der Waals surface area contributed by atoms with Crippen molar-refractivity contribution in [2.24, 2.45) is 7.05 Å². The molecule has 86 valence electrons. The summed E-state index contributed by atoms with van der Waals surface area (Å²) in [4.78, 5) is 4.16. The van der Waals surface area contributed by atoms with Crippen molar-refractivity contribution in [3.8, 4) is 0 Å². The van der Waals surface area contributed by atoms with Crippen molar-refractivity contribution in [2.75, 3.05) is 5.32 Å². The van der Waals surface area contributed by atoms with Crippen molar-refractivity contribution < 1.29 is 0 Å². The quantitative estimate of drug-likeness (QED) is 0.853. The molecule has 2 aromatic rings. The highest BCUT2D eigenvalue weighted by Gasteiger charge is 2.05. The number of aromatic nitrogens is 4. The van der Waals surface area contributed by atoms with Crippen LogP contribution in [0, 0.1) is 0 Å². The van der Waals surface area contributed by atoms with E-state index in [4.69, 9.17) is 0 Å². The van der Waals surface area contributed by atoms with Crippen LogP contribution in [-0.4, -0.2) is 19.3 Å². The van der Waals surface area contributed by atoms with E-state index in [-0.39, 0.29) is 0 Å². The Kier molecular flexibility index (Phi) is 2.94. The summed E-state index contributed by atoms with van der Waals surface area (Å²) >= 11 is 0. The Balaban J connectivity index is 2.02. The summed E-state index contributed by atoms with van der Waals surface area (Å²) in [5.41, 5.74) is 1.17. The number of nitrogens with zero attached hydrogens (tertiary/aromatic N) is 4. The Bertz CT molecular complexity index is 454. The smallest absolute Gasteiger partial charge is 0.148 e. The molecule has 0 saturated carbocycles. The van der Waals surface area contributed by atoms with Gasteiger partial charge in [-0.1, -0.05) is 0 Å². The molecule has 0 radical (unpaired) electrons. The maximum atomic E-state index is 4.26. The van der Waals surface area contributed by atoms with Gasteiger partial charge < -0.3 is 9.88 Å². The zero-order chi connectivity index (χ0) is 11.5. The van der Waals surface area contributed by atoms with Gasteiger partial charge in [0.05, 0.1) is 18.6 Å². The first-order valence-electron chi connectivity index (χ1n) is 5.41. The van der Waals surface area contributed by atoms with E-state index in [1.807, 2.05) is 31.8 Å². The van der Waals surface area contributed by atoms with Crippen LogP contribution < -0.4 is 5.32 Å². The van der Waals surface area contributed by atoms with E-state index < -0.39 is 0 Å². The molecular weight excluding hydrogens is 202 g/mol. The third-order valence-electron chi connectivity index (χ3n) is 2.47. The predicted molar refractivity (Wildman–Crippen MR) is 63.1 cm³/mol. The maximum absolute atomic E-state index is 4.26. The van der Waals surface area contributed by atoms with Crippen molar-refractivity contribution in [3.05, 3.63) is 30.5 Å². The normalized spacial score (nSPS) is 11.0. The van der Waals surface area contributed by atoms with Gasteiger partial charge in [0.2, 0.25) is 0 Å². The van der Waals surface area contributed by atoms with E-state index in [0.717, 1.165) is 12.4 Å². The van der Waals surface area contributed by atoms with Crippen molar-refractivity contribution in [1.82, 2.24) is 19.3 Å². The molecule has 5 heteroatoms. The van der Waals surface area contributed by atoms with Crippen LogP contribution in [-0.2, 0) is 13.6 Å². The minimum absolute atomic E-state index is 0.433. The van der Waals surface area contributed by atoms with Crippen LogP contribution in [0.3, 0.4) is 0 Å². The number of aryl methyl sites for hydroxylation is 1. The molecule has 0 saturated heterocycles. The van der Waals surface area contributed by atoms with Gasteiger partial charge in [0, 0.05) is 31.5 Å². The molecule has 16 heavy (non-hydrogen) atoms. The molecule has 0 amide bonds. The maximum Gasteiger partial charge on any atom is 0.148 e. The second kappa shape index (κ2) is 4.38. The molecule has 0 aliphatic carbocycles. The molecule has 0 aliphatic rings. The lowest BCUT2D eigenvalue weighted by molar-refractivity contribution is 0.577. The molecule has 0 unspecified atom stereocenters. The first-order chi connectivity index (χ1) is 7.66. The number of rotatable bonds is 4. The molecule has 0 atom stereocenters. The fourth-order valence-electron chi connectivity index (χ4n) is 1.62. The summed E-state index contributed by atoms with van der Waals surface area (Å²) in [6.45, 7) is 5.03. The molecule has 1 N–H and O–H groups in total. The third-order valence-corrected chi connectivity index (χ3v) is 2.47. The zero-order valence-electron chi connectivity index (χ0n) is 9.88. The topological polar surface area (TPSA) is 47.7 Å². The Morgan fingerprint density at radius 2 is 2.25 bits per heavy atom.